The Labute approximate surface area is 82.4 Å². The largest absolute Gasteiger partial charge is 0.299 e. The van der Waals surface area contributed by atoms with E-state index in [9.17, 15) is 4.79 Å². The number of Topliss-reactive ketones (excluding diaryl/α,β-unsaturated/α-hetero) is 1. The summed E-state index contributed by atoms with van der Waals surface area (Å²) < 4.78 is 4.13. The van der Waals surface area contributed by atoms with Gasteiger partial charge < -0.3 is 0 Å². The van der Waals surface area contributed by atoms with E-state index in [1.807, 2.05) is 20.8 Å². The number of aromatic nitrogens is 2. The Morgan fingerprint density at radius 1 is 1.54 bits per heavy atom. The van der Waals surface area contributed by atoms with Crippen LogP contribution in [0.15, 0.2) is 0 Å². The van der Waals surface area contributed by atoms with Gasteiger partial charge in [0.05, 0.1) is 6.42 Å². The van der Waals surface area contributed by atoms with Crippen molar-refractivity contribution < 1.29 is 4.79 Å². The molecule has 1 aromatic heterocycles. The summed E-state index contributed by atoms with van der Waals surface area (Å²) in [6.07, 6.45) is 1.28. The van der Waals surface area contributed by atoms with Gasteiger partial charge in [-0.3, -0.25) is 4.79 Å². The number of rotatable bonds is 4. The molecule has 3 nitrogen and oxygen atoms in total. The van der Waals surface area contributed by atoms with Crippen LogP contribution >= 0.6 is 11.5 Å². The third-order valence-electron chi connectivity index (χ3n) is 1.80. The molecule has 0 atom stereocenters. The number of aryl methyl sites for hydroxylation is 1. The van der Waals surface area contributed by atoms with Crippen molar-refractivity contribution in [2.75, 3.05) is 0 Å². The van der Waals surface area contributed by atoms with E-state index in [-0.39, 0.29) is 11.7 Å². The Hall–Kier alpha value is -0.770. The van der Waals surface area contributed by atoms with Crippen LogP contribution < -0.4 is 0 Å². The molecule has 0 aliphatic carbocycles. The predicted octanol–water partition coefficient (Wildman–Crippen LogP) is 1.87. The topological polar surface area (TPSA) is 42.9 Å². The molecule has 0 aliphatic rings. The lowest BCUT2D eigenvalue weighted by molar-refractivity contribution is -0.121. The van der Waals surface area contributed by atoms with E-state index in [1.54, 1.807) is 0 Å². The van der Waals surface area contributed by atoms with Crippen LogP contribution in [0.3, 0.4) is 0 Å². The van der Waals surface area contributed by atoms with Crippen LogP contribution in [-0.2, 0) is 17.6 Å². The summed E-state index contributed by atoms with van der Waals surface area (Å²) in [6, 6.07) is 0. The predicted molar refractivity (Wildman–Crippen MR) is 52.8 cm³/mol. The normalized spacial score (nSPS) is 10.8. The highest BCUT2D eigenvalue weighted by Crippen LogP contribution is 2.09. The van der Waals surface area contributed by atoms with Crippen molar-refractivity contribution in [2.45, 2.75) is 33.6 Å². The van der Waals surface area contributed by atoms with E-state index in [1.165, 1.54) is 11.5 Å². The van der Waals surface area contributed by atoms with Crippen molar-refractivity contribution in [2.24, 2.45) is 5.92 Å². The van der Waals surface area contributed by atoms with Crippen molar-refractivity contribution in [3.05, 3.63) is 10.8 Å². The average molecular weight is 198 g/mol. The van der Waals surface area contributed by atoms with E-state index >= 15 is 0 Å². The molecule has 1 aromatic rings. The fourth-order valence-corrected chi connectivity index (χ4v) is 1.59. The maximum atomic E-state index is 11.3. The molecule has 72 valence electrons. The first-order chi connectivity index (χ1) is 6.13. The van der Waals surface area contributed by atoms with Crippen molar-refractivity contribution in [1.82, 2.24) is 9.36 Å². The Balaban J connectivity index is 2.59. The standard InChI is InChI=1S/C9H14N2OS/c1-4-8-10-9(13-11-8)5-7(12)6(2)3/h6H,4-5H2,1-3H3. The minimum atomic E-state index is 0.0916. The number of nitrogens with zero attached hydrogens (tertiary/aromatic N) is 2. The molecular weight excluding hydrogens is 184 g/mol. The van der Waals surface area contributed by atoms with Crippen LogP contribution in [0.25, 0.3) is 0 Å². The molecule has 0 radical (unpaired) electrons. The number of hydrogen-bond acceptors (Lipinski definition) is 4. The highest BCUT2D eigenvalue weighted by atomic mass is 32.1. The number of carbonyl (C=O) groups is 1. The number of ketones is 1. The Morgan fingerprint density at radius 2 is 2.23 bits per heavy atom. The molecule has 0 unspecified atom stereocenters. The third-order valence-corrected chi connectivity index (χ3v) is 2.54. The second-order valence-electron chi connectivity index (χ2n) is 3.26. The van der Waals surface area contributed by atoms with Crippen molar-refractivity contribution in [1.29, 1.82) is 0 Å². The van der Waals surface area contributed by atoms with Crippen LogP contribution in [0.4, 0.5) is 0 Å². The molecular formula is C9H14N2OS. The molecule has 0 bridgehead atoms. The molecule has 1 rings (SSSR count). The second-order valence-corrected chi connectivity index (χ2v) is 4.09. The van der Waals surface area contributed by atoms with Gasteiger partial charge in [-0.25, -0.2) is 4.98 Å². The quantitative estimate of drug-likeness (QED) is 0.741. The molecule has 0 fully saturated rings. The molecule has 1 heterocycles. The summed E-state index contributed by atoms with van der Waals surface area (Å²) in [5.74, 6) is 1.17. The van der Waals surface area contributed by atoms with Crippen LogP contribution in [0.1, 0.15) is 31.6 Å². The minimum Gasteiger partial charge on any atom is -0.299 e. The summed E-state index contributed by atoms with van der Waals surface area (Å²) >= 11 is 1.34. The Kier molecular flexibility index (Phi) is 3.54. The van der Waals surface area contributed by atoms with E-state index in [0.717, 1.165) is 17.3 Å². The molecule has 0 saturated carbocycles. The first-order valence-electron chi connectivity index (χ1n) is 4.47. The van der Waals surface area contributed by atoms with Gasteiger partial charge >= 0.3 is 0 Å². The first kappa shape index (κ1) is 10.3. The molecule has 13 heavy (non-hydrogen) atoms. The van der Waals surface area contributed by atoms with Crippen LogP contribution in [0.2, 0.25) is 0 Å². The van der Waals surface area contributed by atoms with Gasteiger partial charge in [-0.05, 0) is 11.5 Å². The van der Waals surface area contributed by atoms with Gasteiger partial charge in [0.25, 0.3) is 0 Å². The fraction of sp³-hybridized carbons (Fsp3) is 0.667. The van der Waals surface area contributed by atoms with E-state index in [0.29, 0.717) is 6.42 Å². The van der Waals surface area contributed by atoms with Crippen molar-refractivity contribution in [3.63, 3.8) is 0 Å². The first-order valence-corrected chi connectivity index (χ1v) is 5.25. The average Bonchev–Trinajstić information content (AvgIpc) is 2.52. The van der Waals surface area contributed by atoms with E-state index in [2.05, 4.69) is 9.36 Å². The second kappa shape index (κ2) is 4.46. The smallest absolute Gasteiger partial charge is 0.142 e. The van der Waals surface area contributed by atoms with Gasteiger partial charge in [0.15, 0.2) is 0 Å². The molecule has 0 spiro atoms. The minimum absolute atomic E-state index is 0.0916. The molecule has 0 aliphatic heterocycles. The lowest BCUT2D eigenvalue weighted by Gasteiger charge is -1.99. The monoisotopic (exact) mass is 198 g/mol. The van der Waals surface area contributed by atoms with Gasteiger partial charge in [0.2, 0.25) is 0 Å². The number of carbonyl (C=O) groups excluding carboxylic acids is 1. The van der Waals surface area contributed by atoms with Gasteiger partial charge in [-0.1, -0.05) is 20.8 Å². The van der Waals surface area contributed by atoms with Crippen LogP contribution in [0, 0.1) is 5.92 Å². The summed E-state index contributed by atoms with van der Waals surface area (Å²) in [6.45, 7) is 5.82. The van der Waals surface area contributed by atoms with Gasteiger partial charge in [0.1, 0.15) is 16.6 Å². The lowest BCUT2D eigenvalue weighted by atomic mass is 10.1. The van der Waals surface area contributed by atoms with Crippen molar-refractivity contribution >= 4 is 17.3 Å². The van der Waals surface area contributed by atoms with Gasteiger partial charge in [-0.15, -0.1) is 0 Å². The fourth-order valence-electron chi connectivity index (χ4n) is 0.859. The summed E-state index contributed by atoms with van der Waals surface area (Å²) in [4.78, 5) is 15.6. The van der Waals surface area contributed by atoms with Crippen LogP contribution in [-0.4, -0.2) is 15.1 Å². The molecule has 0 N–H and O–H groups in total. The third kappa shape index (κ3) is 2.88. The Bertz CT molecular complexity index is 294. The zero-order valence-electron chi connectivity index (χ0n) is 8.20. The summed E-state index contributed by atoms with van der Waals surface area (Å²) in [7, 11) is 0. The lowest BCUT2D eigenvalue weighted by Crippen LogP contribution is -2.09. The van der Waals surface area contributed by atoms with Gasteiger partial charge in [-0.2, -0.15) is 4.37 Å². The number of hydrogen-bond donors (Lipinski definition) is 0. The SMILES string of the molecule is CCc1nsc(CC(=O)C(C)C)n1. The summed E-state index contributed by atoms with van der Waals surface area (Å²) in [5.41, 5.74) is 0. The zero-order chi connectivity index (χ0) is 9.84. The molecule has 4 heteroatoms. The highest BCUT2D eigenvalue weighted by molar-refractivity contribution is 7.05. The molecule has 0 aromatic carbocycles. The van der Waals surface area contributed by atoms with Crippen molar-refractivity contribution in [3.8, 4) is 0 Å². The summed E-state index contributed by atoms with van der Waals surface area (Å²) in [5, 5.41) is 0.843. The molecule has 0 saturated heterocycles. The zero-order valence-corrected chi connectivity index (χ0v) is 9.02. The maximum Gasteiger partial charge on any atom is 0.142 e. The van der Waals surface area contributed by atoms with E-state index in [4.69, 9.17) is 0 Å². The molecule has 0 amide bonds. The highest BCUT2D eigenvalue weighted by Gasteiger charge is 2.11. The maximum absolute atomic E-state index is 11.3. The van der Waals surface area contributed by atoms with E-state index < -0.39 is 0 Å². The van der Waals surface area contributed by atoms with Crippen LogP contribution in [0.5, 0.6) is 0 Å². The Morgan fingerprint density at radius 3 is 2.69 bits per heavy atom. The van der Waals surface area contributed by atoms with Gasteiger partial charge in [0, 0.05) is 12.3 Å².